The van der Waals surface area contributed by atoms with E-state index in [4.69, 9.17) is 4.42 Å². The van der Waals surface area contributed by atoms with Crippen LogP contribution in [-0.2, 0) is 10.8 Å². The van der Waals surface area contributed by atoms with E-state index in [2.05, 4.69) is 582 Å². The summed E-state index contributed by atoms with van der Waals surface area (Å²) in [6.45, 7) is 9.39. The maximum atomic E-state index is 6.31. The van der Waals surface area contributed by atoms with Gasteiger partial charge in [-0.15, -0.1) is 0 Å². The van der Waals surface area contributed by atoms with E-state index in [1.165, 1.54) is 193 Å². The SMILES string of the molecule is CC1(C)c2ccc(-c3ccccc3)cc2-c2cc(N(c3ccc(-c4ccccc4)cc3)c3cc4ccccc4c4ccccc34)ccc21.CC1(C)c2ccccc2-c2cc(N(c3ccc(-c4ccccc4)cc3)c3ccc(-c4cc5ccccc5c5ccccc45)cc3)ccc21.c1ccc(-c2ccc(-c3c(N(c4ccccc4)c4ccc5oc6ccccc6c5c4)c4ccccc4c4ccccc34)c(-c3ccccc3)c2)cc1. The van der Waals surface area contributed by atoms with E-state index in [-0.39, 0.29) is 10.8 Å². The van der Waals surface area contributed by atoms with Crippen LogP contribution in [0.1, 0.15) is 49.9 Å². The second-order valence-corrected chi connectivity index (χ2v) is 40.0. The number of nitrogens with zero attached hydrogens (tertiary/aromatic N) is 3. The van der Waals surface area contributed by atoms with Gasteiger partial charge in [0, 0.05) is 77.8 Å². The van der Waals surface area contributed by atoms with Crippen molar-refractivity contribution in [1.82, 2.24) is 0 Å². The first kappa shape index (κ1) is 89.4. The number of furan rings is 1. The third-order valence-electron chi connectivity index (χ3n) is 30.7. The number of para-hydroxylation sites is 2. The number of fused-ring (bicyclic) bond motifs is 18. The zero-order valence-electron chi connectivity index (χ0n) is 82.8. The number of benzene rings is 25. The van der Waals surface area contributed by atoms with E-state index in [9.17, 15) is 0 Å². The van der Waals surface area contributed by atoms with E-state index in [1.807, 2.05) is 12.1 Å². The summed E-state index contributed by atoms with van der Waals surface area (Å²) in [4.78, 5) is 7.30. The summed E-state index contributed by atoms with van der Waals surface area (Å²) in [7, 11) is 0. The monoisotopic (exact) mass is 1890 g/mol. The lowest BCUT2D eigenvalue weighted by Gasteiger charge is -2.31. The molecule has 2 aliphatic rings. The van der Waals surface area contributed by atoms with Gasteiger partial charge in [-0.05, 0) is 292 Å². The molecule has 4 nitrogen and oxygen atoms in total. The zero-order valence-corrected chi connectivity index (χ0v) is 82.8. The van der Waals surface area contributed by atoms with Crippen molar-refractivity contribution in [1.29, 1.82) is 0 Å². The minimum absolute atomic E-state index is 0.0309. The van der Waals surface area contributed by atoms with Gasteiger partial charge in [0.1, 0.15) is 11.2 Å². The Bertz CT molecular complexity index is 9550. The molecule has 0 saturated heterocycles. The third kappa shape index (κ3) is 16.0. The average Bonchev–Trinajstić information content (AvgIpc) is 1.14. The summed E-state index contributed by atoms with van der Waals surface area (Å²) >= 11 is 0. The fraction of sp³-hybridized carbons (Fsp3) is 0.0417. The lowest BCUT2D eigenvalue weighted by Crippen LogP contribution is -2.15. The van der Waals surface area contributed by atoms with Crippen LogP contribution in [0.5, 0.6) is 0 Å². The van der Waals surface area contributed by atoms with Crippen LogP contribution in [0.3, 0.4) is 0 Å². The molecule has 28 rings (SSSR count). The molecular weight excluding hydrogens is 1790 g/mol. The molecule has 0 unspecified atom stereocenters. The molecule has 0 saturated carbocycles. The standard InChI is InChI=1S/C50H33NO.2C47H35N/c1-4-16-34(17-5-1)36-28-30-43(45(32-36)35-18-6-2-7-19-35)49-42-25-12-10-22-39(42)40-23-11-13-26-44(40)50(49)51(37-20-8-3-9-21-37)38-29-31-48-46(33-38)41-24-14-15-27-47(41)52-48;1-47(2)44-27-23-35(33-15-7-4-8-16-33)29-42(44)43-31-38(26-28-45(43)47)48(37-24-21-34(22-25-37)32-13-5-3-6-14-32)46-30-36-17-9-10-18-39(36)40-19-11-12-20-41(40)46;1-47(2)45-19-11-10-18-42(45)44-31-38(28-29-46(44)47)48(36-24-20-33(21-25-36)32-12-4-3-5-13-32)37-26-22-34(23-27-37)43-30-35-14-6-7-15-39(35)40-16-8-9-17-41(40)43/h1-33H;2*3-31H,1-2H3. The van der Waals surface area contributed by atoms with Gasteiger partial charge in [0.2, 0.25) is 0 Å². The Morgan fingerprint density at radius 2 is 0.480 bits per heavy atom. The largest absolute Gasteiger partial charge is 0.456 e. The quantitative estimate of drug-likeness (QED) is 0.0900. The Hall–Kier alpha value is -18.7. The fourth-order valence-corrected chi connectivity index (χ4v) is 23.5. The highest BCUT2D eigenvalue weighted by Gasteiger charge is 2.39. The van der Waals surface area contributed by atoms with Gasteiger partial charge in [-0.3, -0.25) is 0 Å². The summed E-state index contributed by atoms with van der Waals surface area (Å²) in [6, 6.07) is 201. The van der Waals surface area contributed by atoms with Gasteiger partial charge < -0.3 is 19.1 Å². The molecule has 0 radical (unpaired) electrons. The highest BCUT2D eigenvalue weighted by Crippen LogP contribution is 2.57. The van der Waals surface area contributed by atoms with Crippen molar-refractivity contribution in [2.45, 2.75) is 38.5 Å². The molecule has 0 atom stereocenters. The van der Waals surface area contributed by atoms with E-state index < -0.39 is 0 Å². The lowest BCUT2D eigenvalue weighted by atomic mass is 9.82. The van der Waals surface area contributed by atoms with Gasteiger partial charge in [0.15, 0.2) is 0 Å². The lowest BCUT2D eigenvalue weighted by molar-refractivity contribution is 0.660. The molecule has 4 heteroatoms. The van der Waals surface area contributed by atoms with Gasteiger partial charge in [-0.2, -0.15) is 0 Å². The number of hydrogen-bond donors (Lipinski definition) is 0. The van der Waals surface area contributed by atoms with Crippen LogP contribution in [0.15, 0.2) is 556 Å². The summed E-state index contributed by atoms with van der Waals surface area (Å²) < 4.78 is 6.31. The van der Waals surface area contributed by atoms with Crippen molar-refractivity contribution in [3.8, 4) is 100 Å². The van der Waals surface area contributed by atoms with Gasteiger partial charge in [-0.25, -0.2) is 0 Å². The molecule has 700 valence electrons. The van der Waals surface area contributed by atoms with Crippen LogP contribution >= 0.6 is 0 Å². The minimum atomic E-state index is -0.0871. The number of hydrogen-bond acceptors (Lipinski definition) is 4. The summed E-state index contributed by atoms with van der Waals surface area (Å²) in [6.07, 6.45) is 0. The third-order valence-corrected chi connectivity index (χ3v) is 30.7. The summed E-state index contributed by atoms with van der Waals surface area (Å²) in [5, 5.41) is 17.2. The van der Waals surface area contributed by atoms with Gasteiger partial charge in [0.25, 0.3) is 0 Å². The molecule has 0 aliphatic heterocycles. The van der Waals surface area contributed by atoms with Crippen molar-refractivity contribution >= 4 is 138 Å². The van der Waals surface area contributed by atoms with Gasteiger partial charge in [-0.1, -0.05) is 458 Å². The molecule has 0 fully saturated rings. The van der Waals surface area contributed by atoms with E-state index in [0.29, 0.717) is 0 Å². The molecule has 25 aromatic carbocycles. The Morgan fingerprint density at radius 3 is 1.04 bits per heavy atom. The zero-order chi connectivity index (χ0) is 98.9. The predicted molar refractivity (Wildman–Crippen MR) is 629 cm³/mol. The molecular formula is C144H103N3O. The van der Waals surface area contributed by atoms with Crippen molar-refractivity contribution in [2.75, 3.05) is 14.7 Å². The van der Waals surface area contributed by atoms with Crippen molar-refractivity contribution in [3.63, 3.8) is 0 Å². The molecule has 1 heterocycles. The topological polar surface area (TPSA) is 22.9 Å². The fourth-order valence-electron chi connectivity index (χ4n) is 23.5. The van der Waals surface area contributed by atoms with E-state index in [0.717, 1.165) is 67.4 Å². The molecule has 1 aromatic heterocycles. The normalized spacial score (nSPS) is 12.4. The molecule has 26 aromatic rings. The average molecular weight is 1890 g/mol. The van der Waals surface area contributed by atoms with Crippen LogP contribution in [-0.4, -0.2) is 0 Å². The smallest absolute Gasteiger partial charge is 0.135 e. The highest BCUT2D eigenvalue weighted by molar-refractivity contribution is 6.24. The van der Waals surface area contributed by atoms with Crippen LogP contribution in [0.25, 0.3) is 187 Å². The minimum Gasteiger partial charge on any atom is -0.456 e. The van der Waals surface area contributed by atoms with Crippen LogP contribution in [0.2, 0.25) is 0 Å². The second kappa shape index (κ2) is 37.5. The molecule has 0 spiro atoms. The highest BCUT2D eigenvalue weighted by atomic mass is 16.3. The molecule has 0 amide bonds. The van der Waals surface area contributed by atoms with Crippen molar-refractivity contribution in [3.05, 3.63) is 574 Å². The first-order valence-electron chi connectivity index (χ1n) is 51.3. The maximum absolute atomic E-state index is 6.31. The van der Waals surface area contributed by atoms with Crippen LogP contribution in [0.4, 0.5) is 51.2 Å². The molecule has 0 bridgehead atoms. The maximum Gasteiger partial charge on any atom is 0.135 e. The Morgan fingerprint density at radius 1 is 0.155 bits per heavy atom. The van der Waals surface area contributed by atoms with Gasteiger partial charge >= 0.3 is 0 Å². The van der Waals surface area contributed by atoms with Gasteiger partial charge in [0.05, 0.1) is 11.4 Å². The van der Waals surface area contributed by atoms with Crippen LogP contribution in [0, 0.1) is 0 Å². The molecule has 2 aliphatic carbocycles. The van der Waals surface area contributed by atoms with E-state index in [1.54, 1.807) is 0 Å². The Kier molecular flexibility index (Phi) is 22.7. The Balaban J connectivity index is 0.000000112. The van der Waals surface area contributed by atoms with Crippen molar-refractivity contribution < 1.29 is 4.42 Å². The van der Waals surface area contributed by atoms with Crippen molar-refractivity contribution in [2.24, 2.45) is 0 Å². The summed E-state index contributed by atoms with van der Waals surface area (Å²) in [5.41, 5.74) is 39.5. The predicted octanol–water partition coefficient (Wildman–Crippen LogP) is 40.6. The summed E-state index contributed by atoms with van der Waals surface area (Å²) in [5.74, 6) is 0. The molecule has 148 heavy (non-hydrogen) atoms. The second-order valence-electron chi connectivity index (χ2n) is 40.0. The Labute approximate surface area is 863 Å². The first-order chi connectivity index (χ1) is 72.9. The molecule has 0 N–H and O–H groups in total. The number of anilines is 9. The van der Waals surface area contributed by atoms with E-state index >= 15 is 0 Å². The van der Waals surface area contributed by atoms with Crippen LogP contribution < -0.4 is 14.7 Å². The first-order valence-corrected chi connectivity index (χ1v) is 51.3. The number of rotatable bonds is 16.